The molecule has 2 aromatic heterocycles. The van der Waals surface area contributed by atoms with Crippen molar-refractivity contribution in [2.24, 2.45) is 0 Å². The zero-order valence-electron chi connectivity index (χ0n) is 16.3. The molecule has 1 saturated heterocycles. The molecular formula is C21H21N3O5. The fraction of sp³-hybridized carbons (Fsp3) is 0.333. The Hall–Kier alpha value is -3.42. The number of piperidine rings is 1. The highest BCUT2D eigenvalue weighted by molar-refractivity contribution is 5.97. The number of aryl methyl sites for hydroxylation is 1. The molecule has 1 unspecified atom stereocenters. The summed E-state index contributed by atoms with van der Waals surface area (Å²) in [6.07, 6.45) is 3.01. The third-order valence-electron chi connectivity index (χ3n) is 4.88. The van der Waals surface area contributed by atoms with Crippen LogP contribution in [0.5, 0.6) is 11.6 Å². The molecule has 1 atom stereocenters. The van der Waals surface area contributed by atoms with Crippen LogP contribution in [0.2, 0.25) is 0 Å². The maximum Gasteiger partial charge on any atom is 0.349 e. The first-order valence-electron chi connectivity index (χ1n) is 9.41. The molecule has 0 saturated carbocycles. The Balaban J connectivity index is 1.56. The third kappa shape index (κ3) is 3.91. The van der Waals surface area contributed by atoms with Crippen LogP contribution >= 0.6 is 0 Å². The molecule has 1 aromatic carbocycles. The second kappa shape index (κ2) is 7.90. The molecule has 0 aliphatic carbocycles. The fourth-order valence-corrected chi connectivity index (χ4v) is 3.49. The van der Waals surface area contributed by atoms with Gasteiger partial charge in [0, 0.05) is 24.2 Å². The molecule has 3 aromatic rings. The first kappa shape index (κ1) is 18.9. The van der Waals surface area contributed by atoms with Gasteiger partial charge in [0.25, 0.3) is 5.91 Å². The highest BCUT2D eigenvalue weighted by atomic mass is 16.5. The molecular weight excluding hydrogens is 374 g/mol. The van der Waals surface area contributed by atoms with Gasteiger partial charge in [-0.15, -0.1) is 0 Å². The lowest BCUT2D eigenvalue weighted by atomic mass is 10.1. The van der Waals surface area contributed by atoms with Crippen LogP contribution < -0.4 is 15.1 Å². The number of amides is 1. The first-order chi connectivity index (χ1) is 14.0. The lowest BCUT2D eigenvalue weighted by Gasteiger charge is -2.32. The molecule has 8 heteroatoms. The van der Waals surface area contributed by atoms with Crippen LogP contribution in [0.4, 0.5) is 0 Å². The molecule has 1 aliphatic heterocycles. The van der Waals surface area contributed by atoms with Gasteiger partial charge in [0.2, 0.25) is 5.88 Å². The van der Waals surface area contributed by atoms with Crippen molar-refractivity contribution in [2.75, 3.05) is 20.2 Å². The summed E-state index contributed by atoms with van der Waals surface area (Å²) in [6.45, 7) is 2.71. The predicted molar refractivity (Wildman–Crippen MR) is 105 cm³/mol. The number of rotatable bonds is 4. The number of para-hydroxylation sites is 1. The highest BCUT2D eigenvalue weighted by Gasteiger charge is 2.28. The van der Waals surface area contributed by atoms with E-state index in [0.29, 0.717) is 41.5 Å². The number of hydrogen-bond donors (Lipinski definition) is 0. The van der Waals surface area contributed by atoms with Gasteiger partial charge in [-0.05, 0) is 31.9 Å². The van der Waals surface area contributed by atoms with E-state index in [4.69, 9.17) is 13.9 Å². The Morgan fingerprint density at radius 1 is 1.31 bits per heavy atom. The number of carbonyl (C=O) groups excluding carboxylic acids is 1. The minimum absolute atomic E-state index is 0.00397. The van der Waals surface area contributed by atoms with E-state index in [1.165, 1.54) is 7.11 Å². The normalized spacial score (nSPS) is 16.6. The number of hydrogen-bond acceptors (Lipinski definition) is 7. The van der Waals surface area contributed by atoms with Gasteiger partial charge in [0.05, 0.1) is 13.7 Å². The van der Waals surface area contributed by atoms with Gasteiger partial charge in [-0.3, -0.25) is 4.79 Å². The van der Waals surface area contributed by atoms with E-state index in [-0.39, 0.29) is 17.6 Å². The Labute approximate surface area is 167 Å². The van der Waals surface area contributed by atoms with Crippen molar-refractivity contribution >= 4 is 16.9 Å². The summed E-state index contributed by atoms with van der Waals surface area (Å²) < 4.78 is 16.5. The smallest absolute Gasteiger partial charge is 0.349 e. The molecule has 0 N–H and O–H groups in total. The Kier molecular flexibility index (Phi) is 5.16. The van der Waals surface area contributed by atoms with Crippen LogP contribution in [-0.4, -0.2) is 47.1 Å². The summed E-state index contributed by atoms with van der Waals surface area (Å²) in [7, 11) is 1.50. The zero-order chi connectivity index (χ0) is 20.4. The topological polar surface area (TPSA) is 94.8 Å². The van der Waals surface area contributed by atoms with Crippen molar-refractivity contribution < 1.29 is 18.7 Å². The summed E-state index contributed by atoms with van der Waals surface area (Å²) in [5.41, 5.74) is -0.346. The van der Waals surface area contributed by atoms with E-state index in [9.17, 15) is 9.59 Å². The number of aromatic nitrogens is 2. The number of fused-ring (bicyclic) bond motifs is 1. The van der Waals surface area contributed by atoms with Crippen molar-refractivity contribution in [3.05, 3.63) is 58.3 Å². The molecule has 1 fully saturated rings. The molecule has 150 valence electrons. The average molecular weight is 395 g/mol. The molecule has 0 radical (unpaired) electrons. The first-order valence-corrected chi connectivity index (χ1v) is 9.41. The van der Waals surface area contributed by atoms with E-state index in [1.54, 1.807) is 48.4 Å². The maximum absolute atomic E-state index is 13.0. The van der Waals surface area contributed by atoms with E-state index in [2.05, 4.69) is 9.97 Å². The largest absolute Gasteiger partial charge is 0.493 e. The van der Waals surface area contributed by atoms with Crippen LogP contribution in [0.3, 0.4) is 0 Å². The molecule has 0 bridgehead atoms. The van der Waals surface area contributed by atoms with Crippen molar-refractivity contribution in [3.8, 4) is 11.6 Å². The summed E-state index contributed by atoms with van der Waals surface area (Å²) >= 11 is 0. The Bertz CT molecular complexity index is 1110. The van der Waals surface area contributed by atoms with Gasteiger partial charge in [-0.25, -0.2) is 9.78 Å². The van der Waals surface area contributed by atoms with E-state index in [1.807, 2.05) is 0 Å². The van der Waals surface area contributed by atoms with Crippen LogP contribution in [-0.2, 0) is 0 Å². The minimum Gasteiger partial charge on any atom is -0.493 e. The third-order valence-corrected chi connectivity index (χ3v) is 4.88. The van der Waals surface area contributed by atoms with Crippen molar-refractivity contribution in [1.82, 2.24) is 14.9 Å². The summed E-state index contributed by atoms with van der Waals surface area (Å²) in [4.78, 5) is 35.4. The Morgan fingerprint density at radius 3 is 2.97 bits per heavy atom. The lowest BCUT2D eigenvalue weighted by Crippen LogP contribution is -2.45. The van der Waals surface area contributed by atoms with Crippen LogP contribution in [0.1, 0.15) is 29.0 Å². The number of carbonyl (C=O) groups is 1. The number of likely N-dealkylation sites (tertiary alicyclic amines) is 1. The maximum atomic E-state index is 13.0. The van der Waals surface area contributed by atoms with Crippen molar-refractivity contribution in [1.29, 1.82) is 0 Å². The standard InChI is InChI=1S/C21H21N3O5/c1-13-22-9-8-18(23-13)28-15-6-4-10-24(12-15)20(25)16-11-14-5-3-7-17(27-2)19(14)29-21(16)26/h3,5,7-9,11,15H,4,6,10,12H2,1-2H3. The molecule has 4 rings (SSSR count). The van der Waals surface area contributed by atoms with E-state index >= 15 is 0 Å². The number of benzene rings is 1. The van der Waals surface area contributed by atoms with E-state index < -0.39 is 5.63 Å². The molecule has 8 nitrogen and oxygen atoms in total. The highest BCUT2D eigenvalue weighted by Crippen LogP contribution is 2.25. The minimum atomic E-state index is -0.679. The van der Waals surface area contributed by atoms with Gasteiger partial charge in [0.1, 0.15) is 17.5 Å². The van der Waals surface area contributed by atoms with Gasteiger partial charge < -0.3 is 18.8 Å². The van der Waals surface area contributed by atoms with Gasteiger partial charge in [-0.2, -0.15) is 4.98 Å². The zero-order valence-corrected chi connectivity index (χ0v) is 16.3. The summed E-state index contributed by atoms with van der Waals surface area (Å²) in [5.74, 6) is 1.19. The Morgan fingerprint density at radius 2 is 2.17 bits per heavy atom. The molecule has 0 spiro atoms. The van der Waals surface area contributed by atoms with Gasteiger partial charge >= 0.3 is 5.63 Å². The van der Waals surface area contributed by atoms with Crippen LogP contribution in [0.25, 0.3) is 11.0 Å². The number of methoxy groups -OCH3 is 1. The molecule has 1 amide bonds. The molecule has 1 aliphatic rings. The summed E-state index contributed by atoms with van der Waals surface area (Å²) in [5, 5.41) is 0.633. The number of nitrogens with zero attached hydrogens (tertiary/aromatic N) is 3. The van der Waals surface area contributed by atoms with Crippen LogP contribution in [0, 0.1) is 6.92 Å². The van der Waals surface area contributed by atoms with Crippen molar-refractivity contribution in [2.45, 2.75) is 25.9 Å². The monoisotopic (exact) mass is 395 g/mol. The average Bonchev–Trinajstić information content (AvgIpc) is 2.72. The molecule has 29 heavy (non-hydrogen) atoms. The van der Waals surface area contributed by atoms with Gasteiger partial charge in [-0.1, -0.05) is 12.1 Å². The quantitative estimate of drug-likeness (QED) is 0.627. The predicted octanol–water partition coefficient (Wildman–Crippen LogP) is 2.58. The number of ether oxygens (including phenoxy) is 2. The van der Waals surface area contributed by atoms with Gasteiger partial charge in [0.15, 0.2) is 11.3 Å². The van der Waals surface area contributed by atoms with Crippen LogP contribution in [0.15, 0.2) is 45.7 Å². The molecule has 3 heterocycles. The lowest BCUT2D eigenvalue weighted by molar-refractivity contribution is 0.0523. The second-order valence-electron chi connectivity index (χ2n) is 6.90. The van der Waals surface area contributed by atoms with E-state index in [0.717, 1.165) is 12.8 Å². The van der Waals surface area contributed by atoms with Crippen molar-refractivity contribution in [3.63, 3.8) is 0 Å². The second-order valence-corrected chi connectivity index (χ2v) is 6.90. The fourth-order valence-electron chi connectivity index (χ4n) is 3.49. The summed E-state index contributed by atoms with van der Waals surface area (Å²) in [6, 6.07) is 8.51. The SMILES string of the molecule is COc1cccc2cc(C(=O)N3CCCC(Oc4ccnc(C)n4)C3)c(=O)oc12.